The first-order valence-corrected chi connectivity index (χ1v) is 12.3. The first-order valence-electron chi connectivity index (χ1n) is 11.5. The number of hydrogen-bond acceptors (Lipinski definition) is 6. The van der Waals surface area contributed by atoms with Crippen LogP contribution in [-0.2, 0) is 21.4 Å². The van der Waals surface area contributed by atoms with Gasteiger partial charge in [-0.2, -0.15) is 0 Å². The summed E-state index contributed by atoms with van der Waals surface area (Å²) in [6.45, 7) is 8.27. The van der Waals surface area contributed by atoms with E-state index in [1.54, 1.807) is 12.1 Å². The number of aromatic hydroxyl groups is 1. The van der Waals surface area contributed by atoms with E-state index in [9.17, 15) is 15.0 Å². The number of esters is 1. The number of carbonyl (C=O) groups is 1. The molecule has 1 atom stereocenters. The predicted octanol–water partition coefficient (Wildman–Crippen LogP) is 6.17. The Balaban J connectivity index is 1.60. The second kappa shape index (κ2) is 8.64. The normalized spacial score (nSPS) is 21.3. The number of aryl methyl sites for hydroxylation is 2. The van der Waals surface area contributed by atoms with Crippen LogP contribution in [0.4, 0.5) is 5.69 Å². The summed E-state index contributed by atoms with van der Waals surface area (Å²) in [5.74, 6) is 0.171. The van der Waals surface area contributed by atoms with Crippen molar-refractivity contribution >= 4 is 23.4 Å². The van der Waals surface area contributed by atoms with E-state index in [1.807, 2.05) is 31.2 Å². The molecule has 33 heavy (non-hydrogen) atoms. The summed E-state index contributed by atoms with van der Waals surface area (Å²) >= 11 is 1.28. The third kappa shape index (κ3) is 5.01. The van der Waals surface area contributed by atoms with Gasteiger partial charge in [0.05, 0.1) is 0 Å². The van der Waals surface area contributed by atoms with Gasteiger partial charge in [0.1, 0.15) is 22.0 Å². The van der Waals surface area contributed by atoms with E-state index in [2.05, 4.69) is 20.8 Å². The third-order valence-corrected chi connectivity index (χ3v) is 7.86. The van der Waals surface area contributed by atoms with E-state index in [-0.39, 0.29) is 27.7 Å². The zero-order valence-electron chi connectivity index (χ0n) is 19.8. The molecule has 1 heterocycles. The average molecular weight is 468 g/mol. The van der Waals surface area contributed by atoms with Crippen LogP contribution in [0, 0.1) is 12.8 Å². The summed E-state index contributed by atoms with van der Waals surface area (Å²) in [5.41, 5.74) is 9.09. The van der Waals surface area contributed by atoms with Crippen LogP contribution in [0.25, 0.3) is 0 Å². The lowest BCUT2D eigenvalue weighted by atomic mass is 9.84. The Morgan fingerprint density at radius 1 is 1.15 bits per heavy atom. The highest BCUT2D eigenvalue weighted by Crippen LogP contribution is 2.52. The largest absolute Gasteiger partial charge is 0.511 e. The Morgan fingerprint density at radius 2 is 1.82 bits per heavy atom. The van der Waals surface area contributed by atoms with Crippen LogP contribution in [0.15, 0.2) is 52.0 Å². The van der Waals surface area contributed by atoms with Gasteiger partial charge in [-0.1, -0.05) is 44.7 Å². The molecule has 1 unspecified atom stereocenters. The average Bonchev–Trinajstić information content (AvgIpc) is 3.58. The van der Waals surface area contributed by atoms with Crippen LogP contribution in [-0.4, -0.2) is 21.8 Å². The van der Waals surface area contributed by atoms with Crippen molar-refractivity contribution in [3.63, 3.8) is 0 Å². The lowest BCUT2D eigenvalue weighted by molar-refractivity contribution is -0.161. The summed E-state index contributed by atoms with van der Waals surface area (Å²) in [6.07, 6.45) is 3.70. The number of phenolic OH excluding ortho intramolecular Hbond substituents is 1. The van der Waals surface area contributed by atoms with Crippen molar-refractivity contribution in [3.05, 3.63) is 63.8 Å². The maximum atomic E-state index is 13.2. The summed E-state index contributed by atoms with van der Waals surface area (Å²) < 4.78 is 6.13. The molecule has 0 spiro atoms. The molecule has 1 aliphatic heterocycles. The number of thioether (sulfide) groups is 1. The molecule has 0 bridgehead atoms. The molecule has 6 heteroatoms. The molecule has 176 valence electrons. The zero-order chi connectivity index (χ0) is 24.0. The number of nitrogen functional groups attached to an aromatic ring is 1. The summed E-state index contributed by atoms with van der Waals surface area (Å²) in [6, 6.07) is 11.1. The van der Waals surface area contributed by atoms with Gasteiger partial charge in [-0.25, -0.2) is 4.79 Å². The molecule has 2 aromatic rings. The van der Waals surface area contributed by atoms with Gasteiger partial charge in [0.25, 0.3) is 0 Å². The second-order valence-corrected chi connectivity index (χ2v) is 11.5. The fourth-order valence-corrected chi connectivity index (χ4v) is 5.77. The van der Waals surface area contributed by atoms with Crippen molar-refractivity contribution in [3.8, 4) is 5.75 Å². The quantitative estimate of drug-likeness (QED) is 0.347. The Kier molecular flexibility index (Phi) is 6.16. The smallest absolute Gasteiger partial charge is 0.349 e. The lowest BCUT2D eigenvalue weighted by Gasteiger charge is -2.37. The summed E-state index contributed by atoms with van der Waals surface area (Å²) in [5, 5.41) is 20.6. The molecular weight excluding hydrogens is 434 g/mol. The van der Waals surface area contributed by atoms with Crippen LogP contribution in [0.2, 0.25) is 0 Å². The minimum atomic E-state index is -0.674. The van der Waals surface area contributed by atoms with Gasteiger partial charge < -0.3 is 20.7 Å². The van der Waals surface area contributed by atoms with Crippen molar-refractivity contribution in [2.75, 3.05) is 5.73 Å². The minimum Gasteiger partial charge on any atom is -0.511 e. The van der Waals surface area contributed by atoms with Gasteiger partial charge in [0.2, 0.25) is 0 Å². The third-order valence-electron chi connectivity index (χ3n) is 6.69. The number of aliphatic hydroxyl groups is 1. The number of rotatable bonds is 6. The maximum Gasteiger partial charge on any atom is 0.349 e. The van der Waals surface area contributed by atoms with E-state index in [4.69, 9.17) is 10.5 Å². The molecule has 5 nitrogen and oxygen atoms in total. The van der Waals surface area contributed by atoms with Gasteiger partial charge in [0.15, 0.2) is 0 Å². The molecule has 0 amide bonds. The van der Waals surface area contributed by atoms with E-state index in [0.717, 1.165) is 40.1 Å². The molecule has 0 radical (unpaired) electrons. The van der Waals surface area contributed by atoms with Crippen molar-refractivity contribution in [2.45, 2.75) is 75.7 Å². The van der Waals surface area contributed by atoms with Crippen LogP contribution in [0.3, 0.4) is 0 Å². The van der Waals surface area contributed by atoms with E-state index >= 15 is 0 Å². The van der Waals surface area contributed by atoms with Crippen molar-refractivity contribution in [1.82, 2.24) is 0 Å². The van der Waals surface area contributed by atoms with Crippen LogP contribution < -0.4 is 5.73 Å². The molecule has 4 N–H and O–H groups in total. The molecule has 1 aliphatic carbocycles. The Bertz CT molecular complexity index is 1100. The van der Waals surface area contributed by atoms with Crippen molar-refractivity contribution < 1.29 is 19.7 Å². The number of cyclic esters (lactones) is 1. The molecule has 2 aromatic carbocycles. The number of benzene rings is 2. The number of phenols is 1. The van der Waals surface area contributed by atoms with E-state index in [1.165, 1.54) is 11.8 Å². The summed E-state index contributed by atoms with van der Waals surface area (Å²) in [7, 11) is 0. The van der Waals surface area contributed by atoms with E-state index in [0.29, 0.717) is 19.3 Å². The Labute approximate surface area is 200 Å². The van der Waals surface area contributed by atoms with Gasteiger partial charge in [-0.15, -0.1) is 0 Å². The fourth-order valence-electron chi connectivity index (χ4n) is 4.53. The monoisotopic (exact) mass is 467 g/mol. The van der Waals surface area contributed by atoms with Gasteiger partial charge in [-0.05, 0) is 84.9 Å². The number of hydrogen-bond donors (Lipinski definition) is 3. The highest BCUT2D eigenvalue weighted by Gasteiger charge is 2.52. The van der Waals surface area contributed by atoms with Crippen molar-refractivity contribution in [2.24, 2.45) is 5.92 Å². The van der Waals surface area contributed by atoms with Crippen LogP contribution >= 0.6 is 11.8 Å². The second-order valence-electron chi connectivity index (χ2n) is 10.4. The highest BCUT2D eigenvalue weighted by molar-refractivity contribution is 8.04. The molecule has 1 saturated carbocycles. The molecule has 0 aromatic heterocycles. The number of aliphatic hydroxyl groups excluding tert-OH is 1. The molecule has 2 aliphatic rings. The number of nitrogens with two attached hydrogens (primary N) is 1. The lowest BCUT2D eigenvalue weighted by Crippen LogP contribution is -2.42. The standard InChI is InChI=1S/C27H33NO4S/c1-16-13-23(20(14-21(16)28)26(2,3)4)33-24-22(30)15-27(18-7-8-18,32-25(24)31)12-11-17-5-9-19(29)10-6-17/h5-6,9-10,13-14,18,29-30H,7-8,11-12,15,28H2,1-4H3. The first-order chi connectivity index (χ1) is 15.5. The van der Waals surface area contributed by atoms with Crippen molar-refractivity contribution in [1.29, 1.82) is 0 Å². The maximum absolute atomic E-state index is 13.2. The number of ether oxygens (including phenoxy) is 1. The topological polar surface area (TPSA) is 92.8 Å². The first kappa shape index (κ1) is 23.6. The Morgan fingerprint density at radius 3 is 2.39 bits per heavy atom. The van der Waals surface area contributed by atoms with Crippen LogP contribution in [0.5, 0.6) is 5.75 Å². The summed E-state index contributed by atoms with van der Waals surface area (Å²) in [4.78, 5) is 14.4. The molecule has 1 fully saturated rings. The highest BCUT2D eigenvalue weighted by atomic mass is 32.2. The minimum absolute atomic E-state index is 0.114. The van der Waals surface area contributed by atoms with Crippen LogP contribution in [0.1, 0.15) is 63.1 Å². The molecule has 4 rings (SSSR count). The van der Waals surface area contributed by atoms with Gasteiger partial charge in [0, 0.05) is 17.0 Å². The number of carbonyl (C=O) groups excluding carboxylic acids is 1. The number of anilines is 1. The zero-order valence-corrected chi connectivity index (χ0v) is 20.6. The SMILES string of the molecule is Cc1cc(SC2=C(O)CC(CCc3ccc(O)cc3)(C3CC3)OC2=O)c(C(C)(C)C)cc1N. The van der Waals surface area contributed by atoms with Gasteiger partial charge >= 0.3 is 5.97 Å². The van der Waals surface area contributed by atoms with E-state index < -0.39 is 11.6 Å². The molecule has 0 saturated heterocycles. The van der Waals surface area contributed by atoms with Gasteiger partial charge in [-0.3, -0.25) is 0 Å². The Hall–Kier alpha value is -2.60. The fraction of sp³-hybridized carbons (Fsp3) is 0.444. The molecular formula is C27H33NO4S. The predicted molar refractivity (Wildman–Crippen MR) is 132 cm³/mol.